The predicted octanol–water partition coefficient (Wildman–Crippen LogP) is 32.8. The van der Waals surface area contributed by atoms with Gasteiger partial charge in [-0.05, 0) is 256 Å². The molecule has 594 valence electrons. The number of aromatic nitrogens is 3. The van der Waals surface area contributed by atoms with Crippen molar-refractivity contribution in [3.8, 4) is 95.0 Å². The highest BCUT2D eigenvalue weighted by Crippen LogP contribution is 2.56. The van der Waals surface area contributed by atoms with Crippen LogP contribution in [0.3, 0.4) is 0 Å². The van der Waals surface area contributed by atoms with E-state index in [4.69, 9.17) is 4.42 Å². The molecule has 4 aliphatic carbocycles. The second-order valence-electron chi connectivity index (χ2n) is 37.0. The first kappa shape index (κ1) is 73.1. The molecule has 4 nitrogen and oxygen atoms in total. The third-order valence-electron chi connectivity index (χ3n) is 28.8. The molecule has 0 aliphatic heterocycles. The van der Waals surface area contributed by atoms with Crippen molar-refractivity contribution < 1.29 is 4.42 Å². The second-order valence-corrected chi connectivity index (χ2v) is 38.1. The maximum atomic E-state index is 6.06. The van der Waals surface area contributed by atoms with E-state index < -0.39 is 0 Å². The van der Waals surface area contributed by atoms with Crippen molar-refractivity contribution in [1.82, 2.24) is 13.7 Å². The van der Waals surface area contributed by atoms with Crippen LogP contribution in [-0.4, -0.2) is 13.7 Å². The first-order chi connectivity index (χ1) is 61.0. The molecule has 0 fully saturated rings. The van der Waals surface area contributed by atoms with E-state index in [0.29, 0.717) is 0 Å². The molecule has 125 heavy (non-hydrogen) atoms. The van der Waals surface area contributed by atoms with Gasteiger partial charge in [0.25, 0.3) is 0 Å². The van der Waals surface area contributed by atoms with E-state index in [1.54, 1.807) is 0 Å². The minimum Gasteiger partial charge on any atom is -0.456 e. The maximum absolute atomic E-state index is 6.06. The van der Waals surface area contributed by atoms with Gasteiger partial charge in [0.15, 0.2) is 0 Å². The molecule has 5 heteroatoms. The zero-order chi connectivity index (χ0) is 83.7. The molecule has 0 bridgehead atoms. The molecule has 18 aromatic carbocycles. The van der Waals surface area contributed by atoms with Crippen molar-refractivity contribution in [3.05, 3.63) is 427 Å². The summed E-state index contributed by atoms with van der Waals surface area (Å²) >= 11 is 1.87. The van der Waals surface area contributed by atoms with Crippen LogP contribution >= 0.6 is 11.3 Å². The number of hydrogen-bond donors (Lipinski definition) is 0. The largest absolute Gasteiger partial charge is 0.456 e. The highest BCUT2D eigenvalue weighted by Gasteiger charge is 2.41. The van der Waals surface area contributed by atoms with Gasteiger partial charge in [0.2, 0.25) is 0 Å². The van der Waals surface area contributed by atoms with Gasteiger partial charge in [-0.2, -0.15) is 0 Å². The van der Waals surface area contributed by atoms with Crippen LogP contribution in [-0.2, 0) is 21.7 Å². The minimum atomic E-state index is -0.0214. The molecule has 0 unspecified atom stereocenters. The molecule has 0 N–H and O–H groups in total. The Morgan fingerprint density at radius 2 is 0.480 bits per heavy atom. The number of benzene rings is 18. The fourth-order valence-electron chi connectivity index (χ4n) is 22.4. The van der Waals surface area contributed by atoms with Gasteiger partial charge in [0.1, 0.15) is 11.2 Å². The first-order valence-electron chi connectivity index (χ1n) is 43.9. The summed E-state index contributed by atoms with van der Waals surface area (Å²) in [6, 6.07) is 141. The average Bonchev–Trinajstić information content (AvgIpc) is 1.55. The maximum Gasteiger partial charge on any atom is 0.135 e. The monoisotopic (exact) mass is 1620 g/mol. The Morgan fingerprint density at radius 1 is 0.184 bits per heavy atom. The van der Waals surface area contributed by atoms with Crippen molar-refractivity contribution >= 4 is 119 Å². The van der Waals surface area contributed by atoms with Crippen molar-refractivity contribution in [3.63, 3.8) is 0 Å². The van der Waals surface area contributed by atoms with E-state index in [1.165, 1.54) is 225 Å². The van der Waals surface area contributed by atoms with Crippen LogP contribution in [0.1, 0.15) is 99.9 Å². The van der Waals surface area contributed by atoms with Crippen LogP contribution in [0, 0.1) is 0 Å². The van der Waals surface area contributed by atoms with Gasteiger partial charge in [-0.25, -0.2) is 0 Å². The summed E-state index contributed by atoms with van der Waals surface area (Å²) in [5.74, 6) is 0. The standard InChI is InChI=1S/C42H33N.C39H27NO.C39H27NS/c1-41(2)35-14-8-5-11-29(35)32-23-27(19-22-37(32)41)26-17-20-28(21-18-26)43-39-16-10-7-13-31(39)34-24-38-33(25-40(34)43)30-12-6-9-15-36(30)42(38,3)4;2*1-39(2)33-12-6-3-9-27(33)30-23-36-31(22-34(30)39)28-10-4-7-13-35(28)40(36)26-18-15-24(16-19-26)25-17-20-38-32(21-25)29-11-5-8-14-37(29)41-38/h5-25H,1-4H3;2*3-23H,1-2H3. The topological polar surface area (TPSA) is 27.9 Å². The van der Waals surface area contributed by atoms with Gasteiger partial charge in [-0.1, -0.05) is 304 Å². The summed E-state index contributed by atoms with van der Waals surface area (Å²) in [5.41, 5.74) is 42.4. The zero-order valence-corrected chi connectivity index (χ0v) is 71.8. The average molecular weight is 1620 g/mol. The molecule has 0 saturated carbocycles. The van der Waals surface area contributed by atoms with Crippen LogP contribution in [0.5, 0.6) is 0 Å². The van der Waals surface area contributed by atoms with Crippen LogP contribution in [0.15, 0.2) is 387 Å². The van der Waals surface area contributed by atoms with Crippen LogP contribution in [0.25, 0.3) is 202 Å². The Labute approximate surface area is 730 Å². The number of rotatable bonds is 6. The van der Waals surface area contributed by atoms with E-state index in [2.05, 4.69) is 439 Å². The van der Waals surface area contributed by atoms with E-state index >= 15 is 0 Å². The van der Waals surface area contributed by atoms with Crippen molar-refractivity contribution in [1.29, 1.82) is 0 Å². The van der Waals surface area contributed by atoms with Gasteiger partial charge in [-0.15, -0.1) is 11.3 Å². The highest BCUT2D eigenvalue weighted by atomic mass is 32.1. The summed E-state index contributed by atoms with van der Waals surface area (Å²) in [4.78, 5) is 0. The lowest BCUT2D eigenvalue weighted by Gasteiger charge is -2.21. The Hall–Kier alpha value is -14.6. The fraction of sp³-hybridized carbons (Fsp3) is 0.100. The summed E-state index contributed by atoms with van der Waals surface area (Å²) in [7, 11) is 0. The number of para-hydroxylation sites is 4. The van der Waals surface area contributed by atoms with Crippen LogP contribution < -0.4 is 0 Å². The van der Waals surface area contributed by atoms with Crippen molar-refractivity contribution in [2.75, 3.05) is 0 Å². The highest BCUT2D eigenvalue weighted by molar-refractivity contribution is 7.25. The lowest BCUT2D eigenvalue weighted by atomic mass is 9.82. The molecule has 0 spiro atoms. The molecular weight excluding hydrogens is 1530 g/mol. The lowest BCUT2D eigenvalue weighted by molar-refractivity contribution is 0.660. The van der Waals surface area contributed by atoms with Gasteiger partial charge in [-0.3, -0.25) is 0 Å². The number of nitrogens with zero attached hydrogens (tertiary/aromatic N) is 3. The zero-order valence-electron chi connectivity index (χ0n) is 71.0. The fourth-order valence-corrected chi connectivity index (χ4v) is 23.5. The van der Waals surface area contributed by atoms with Gasteiger partial charge in [0, 0.05) is 102 Å². The number of thiophene rings is 1. The molecule has 23 aromatic rings. The molecule has 0 amide bonds. The molecule has 0 radical (unpaired) electrons. The number of fused-ring (bicyclic) bond motifs is 27. The number of hydrogen-bond acceptors (Lipinski definition) is 2. The smallest absolute Gasteiger partial charge is 0.135 e. The summed E-state index contributed by atoms with van der Waals surface area (Å²) in [6.45, 7) is 18.8. The molecule has 0 saturated heterocycles. The third-order valence-corrected chi connectivity index (χ3v) is 30.0. The SMILES string of the molecule is CC1(C)c2ccccc2-c2cc(-c3ccc(-n4c5ccccc5c5cc6c(cc54)-c4ccccc4C6(C)C)cc3)ccc21.CC1(C)c2ccccc2-c2cc3c(cc21)c1ccccc1n3-c1ccc(-c2ccc3oc4ccccc4c3c2)cc1.CC1(C)c2ccccc2-c2cc3c(cc21)c1ccccc1n3-c1ccc(-c2ccc3sc4ccccc4c3c2)cc1. The predicted molar refractivity (Wildman–Crippen MR) is 529 cm³/mol. The molecule has 4 aliphatic rings. The second kappa shape index (κ2) is 26.9. The minimum absolute atomic E-state index is 0.0140. The van der Waals surface area contributed by atoms with Gasteiger partial charge in [0.05, 0.1) is 33.1 Å². The van der Waals surface area contributed by atoms with Crippen LogP contribution in [0.2, 0.25) is 0 Å². The van der Waals surface area contributed by atoms with Crippen molar-refractivity contribution in [2.45, 2.75) is 77.0 Å². The quantitative estimate of drug-likeness (QED) is 0.163. The molecule has 0 atom stereocenters. The Bertz CT molecular complexity index is 8180. The normalized spacial score (nSPS) is 14.3. The first-order valence-corrected chi connectivity index (χ1v) is 44.7. The van der Waals surface area contributed by atoms with Crippen LogP contribution in [0.4, 0.5) is 0 Å². The summed E-state index contributed by atoms with van der Waals surface area (Å²) in [6.07, 6.45) is 0. The molecular formula is C120H87N3OS. The van der Waals surface area contributed by atoms with E-state index in [0.717, 1.165) is 21.9 Å². The Morgan fingerprint density at radius 3 is 0.912 bits per heavy atom. The molecule has 27 rings (SSSR count). The van der Waals surface area contributed by atoms with Gasteiger partial charge < -0.3 is 18.1 Å². The summed E-state index contributed by atoms with van der Waals surface area (Å²) < 4.78 is 16.1. The Balaban J connectivity index is 0.000000103. The van der Waals surface area contributed by atoms with E-state index in [9.17, 15) is 0 Å². The lowest BCUT2D eigenvalue weighted by Crippen LogP contribution is -2.14. The summed E-state index contributed by atoms with van der Waals surface area (Å²) in [5, 5.41) is 12.8. The Kier molecular flexibility index (Phi) is 15.8. The van der Waals surface area contributed by atoms with Gasteiger partial charge >= 0.3 is 0 Å². The number of furan rings is 1. The van der Waals surface area contributed by atoms with Crippen molar-refractivity contribution in [2.24, 2.45) is 0 Å². The van der Waals surface area contributed by atoms with E-state index in [-0.39, 0.29) is 21.7 Å². The molecule has 5 heterocycles. The third kappa shape index (κ3) is 10.8. The van der Waals surface area contributed by atoms with E-state index in [1.807, 2.05) is 23.5 Å². The molecule has 5 aromatic heterocycles.